The van der Waals surface area contributed by atoms with Crippen molar-refractivity contribution in [3.8, 4) is 5.75 Å². The number of hydrogen-bond donors (Lipinski definition) is 0. The first kappa shape index (κ1) is 12.1. The van der Waals surface area contributed by atoms with Crippen LogP contribution >= 0.6 is 15.9 Å². The van der Waals surface area contributed by atoms with Crippen molar-refractivity contribution in [3.05, 3.63) is 57.8 Å². The lowest BCUT2D eigenvalue weighted by Crippen LogP contribution is -1.96. The standard InChI is InChI=1S/C14H14BrNO/c1-10-6-13(7-11(2)14(10)15)17-9-12-4-3-5-16-8-12/h3-8H,9H2,1-2H3. The highest BCUT2D eigenvalue weighted by Gasteiger charge is 2.03. The topological polar surface area (TPSA) is 22.1 Å². The maximum atomic E-state index is 5.75. The maximum Gasteiger partial charge on any atom is 0.120 e. The third-order valence-electron chi connectivity index (χ3n) is 2.54. The van der Waals surface area contributed by atoms with E-state index in [9.17, 15) is 0 Å². The second kappa shape index (κ2) is 5.32. The Morgan fingerprint density at radius 2 is 1.94 bits per heavy atom. The van der Waals surface area contributed by atoms with Gasteiger partial charge in [-0.25, -0.2) is 0 Å². The number of ether oxygens (including phenoxy) is 1. The number of benzene rings is 1. The molecule has 1 aromatic carbocycles. The van der Waals surface area contributed by atoms with Crippen molar-refractivity contribution >= 4 is 15.9 Å². The Morgan fingerprint density at radius 1 is 1.24 bits per heavy atom. The molecule has 0 fully saturated rings. The molecule has 0 atom stereocenters. The molecule has 88 valence electrons. The molecule has 2 rings (SSSR count). The predicted molar refractivity (Wildman–Crippen MR) is 72.2 cm³/mol. The van der Waals surface area contributed by atoms with E-state index in [2.05, 4.69) is 34.8 Å². The lowest BCUT2D eigenvalue weighted by Gasteiger charge is -2.10. The van der Waals surface area contributed by atoms with Gasteiger partial charge in [-0.3, -0.25) is 4.98 Å². The largest absolute Gasteiger partial charge is 0.489 e. The zero-order valence-electron chi connectivity index (χ0n) is 9.90. The van der Waals surface area contributed by atoms with Crippen molar-refractivity contribution in [3.63, 3.8) is 0 Å². The molecule has 0 aliphatic heterocycles. The first-order chi connectivity index (χ1) is 8.16. The monoisotopic (exact) mass is 291 g/mol. The molecule has 0 aliphatic carbocycles. The highest BCUT2D eigenvalue weighted by atomic mass is 79.9. The van der Waals surface area contributed by atoms with Gasteiger partial charge in [0.2, 0.25) is 0 Å². The molecule has 2 nitrogen and oxygen atoms in total. The van der Waals surface area contributed by atoms with Gasteiger partial charge < -0.3 is 4.74 Å². The van der Waals surface area contributed by atoms with Crippen LogP contribution in [0.15, 0.2) is 41.1 Å². The van der Waals surface area contributed by atoms with Gasteiger partial charge in [0.25, 0.3) is 0 Å². The first-order valence-corrected chi connectivity index (χ1v) is 6.24. The van der Waals surface area contributed by atoms with Crippen molar-refractivity contribution in [2.45, 2.75) is 20.5 Å². The van der Waals surface area contributed by atoms with Crippen molar-refractivity contribution < 1.29 is 4.74 Å². The van der Waals surface area contributed by atoms with Crippen LogP contribution < -0.4 is 4.74 Å². The summed E-state index contributed by atoms with van der Waals surface area (Å²) in [7, 11) is 0. The summed E-state index contributed by atoms with van der Waals surface area (Å²) in [5.74, 6) is 0.895. The normalized spacial score (nSPS) is 10.3. The highest BCUT2D eigenvalue weighted by Crippen LogP contribution is 2.26. The van der Waals surface area contributed by atoms with E-state index in [0.29, 0.717) is 6.61 Å². The molecule has 17 heavy (non-hydrogen) atoms. The minimum atomic E-state index is 0.550. The average Bonchev–Trinajstić information content (AvgIpc) is 2.34. The Hall–Kier alpha value is -1.35. The van der Waals surface area contributed by atoms with Crippen LogP contribution in [0.25, 0.3) is 0 Å². The molecule has 0 aliphatic rings. The Bertz CT molecular complexity index is 488. The molecule has 0 unspecified atom stereocenters. The van der Waals surface area contributed by atoms with E-state index in [-0.39, 0.29) is 0 Å². The predicted octanol–water partition coefficient (Wildman–Crippen LogP) is 4.04. The van der Waals surface area contributed by atoms with Crippen LogP contribution in [-0.4, -0.2) is 4.98 Å². The molecule has 0 amide bonds. The number of halogens is 1. The average molecular weight is 292 g/mol. The van der Waals surface area contributed by atoms with Crippen LogP contribution in [0.3, 0.4) is 0 Å². The number of pyridine rings is 1. The minimum absolute atomic E-state index is 0.550. The molecule has 0 saturated carbocycles. The number of aromatic nitrogens is 1. The second-order valence-electron chi connectivity index (χ2n) is 4.02. The molecule has 0 radical (unpaired) electrons. The second-order valence-corrected chi connectivity index (χ2v) is 4.81. The lowest BCUT2D eigenvalue weighted by molar-refractivity contribution is 0.305. The highest BCUT2D eigenvalue weighted by molar-refractivity contribution is 9.10. The first-order valence-electron chi connectivity index (χ1n) is 5.45. The number of rotatable bonds is 3. The Labute approximate surface area is 110 Å². The van der Waals surface area contributed by atoms with Crippen molar-refractivity contribution in [1.29, 1.82) is 0 Å². The summed E-state index contributed by atoms with van der Waals surface area (Å²) in [6, 6.07) is 7.99. The molecular formula is C14H14BrNO. The summed E-state index contributed by atoms with van der Waals surface area (Å²) in [4.78, 5) is 4.06. The lowest BCUT2D eigenvalue weighted by atomic mass is 10.1. The van der Waals surface area contributed by atoms with Crippen molar-refractivity contribution in [2.75, 3.05) is 0 Å². The van der Waals surface area contributed by atoms with Crippen LogP contribution in [0.4, 0.5) is 0 Å². The van der Waals surface area contributed by atoms with E-state index in [0.717, 1.165) is 15.8 Å². The summed E-state index contributed by atoms with van der Waals surface area (Å²) in [6.45, 7) is 4.68. The third-order valence-corrected chi connectivity index (χ3v) is 3.79. The van der Waals surface area contributed by atoms with E-state index in [1.807, 2.05) is 30.5 Å². The van der Waals surface area contributed by atoms with Gasteiger partial charge in [0.15, 0.2) is 0 Å². The quantitative estimate of drug-likeness (QED) is 0.851. The molecule has 0 bridgehead atoms. The molecule has 0 saturated heterocycles. The van der Waals surface area contributed by atoms with Crippen LogP contribution in [0.2, 0.25) is 0 Å². The fourth-order valence-corrected chi connectivity index (χ4v) is 1.87. The van der Waals surface area contributed by atoms with Crippen LogP contribution in [0.1, 0.15) is 16.7 Å². The number of aryl methyl sites for hydroxylation is 2. The SMILES string of the molecule is Cc1cc(OCc2cccnc2)cc(C)c1Br. The van der Waals surface area contributed by atoms with E-state index >= 15 is 0 Å². The van der Waals surface area contributed by atoms with Crippen LogP contribution in [-0.2, 0) is 6.61 Å². The van der Waals surface area contributed by atoms with E-state index in [4.69, 9.17) is 4.74 Å². The number of hydrogen-bond acceptors (Lipinski definition) is 2. The fourth-order valence-electron chi connectivity index (χ4n) is 1.64. The summed E-state index contributed by atoms with van der Waals surface area (Å²) in [6.07, 6.45) is 3.58. The smallest absolute Gasteiger partial charge is 0.120 e. The third kappa shape index (κ3) is 3.07. The zero-order valence-corrected chi connectivity index (χ0v) is 11.5. The summed E-state index contributed by atoms with van der Waals surface area (Å²) >= 11 is 3.54. The molecule has 2 aromatic rings. The summed E-state index contributed by atoms with van der Waals surface area (Å²) in [5, 5.41) is 0. The number of nitrogens with zero attached hydrogens (tertiary/aromatic N) is 1. The Morgan fingerprint density at radius 3 is 2.53 bits per heavy atom. The van der Waals surface area contributed by atoms with Gasteiger partial charge in [0.05, 0.1) is 0 Å². The minimum Gasteiger partial charge on any atom is -0.489 e. The van der Waals surface area contributed by atoms with E-state index in [1.165, 1.54) is 11.1 Å². The van der Waals surface area contributed by atoms with Gasteiger partial charge in [0, 0.05) is 22.4 Å². The van der Waals surface area contributed by atoms with Gasteiger partial charge in [0.1, 0.15) is 12.4 Å². The van der Waals surface area contributed by atoms with E-state index in [1.54, 1.807) is 6.20 Å². The Kier molecular flexibility index (Phi) is 3.79. The molecule has 0 spiro atoms. The van der Waals surface area contributed by atoms with Gasteiger partial charge in [-0.1, -0.05) is 22.0 Å². The Balaban J connectivity index is 2.10. The van der Waals surface area contributed by atoms with Crippen molar-refractivity contribution in [2.24, 2.45) is 0 Å². The van der Waals surface area contributed by atoms with Crippen molar-refractivity contribution in [1.82, 2.24) is 4.98 Å². The molecule has 3 heteroatoms. The van der Waals surface area contributed by atoms with Gasteiger partial charge in [-0.05, 0) is 43.2 Å². The molecule has 1 heterocycles. The van der Waals surface area contributed by atoms with Crippen LogP contribution in [0, 0.1) is 13.8 Å². The molecule has 1 aromatic heterocycles. The van der Waals surface area contributed by atoms with Gasteiger partial charge in [-0.2, -0.15) is 0 Å². The van der Waals surface area contributed by atoms with Gasteiger partial charge in [-0.15, -0.1) is 0 Å². The molecular weight excluding hydrogens is 278 g/mol. The zero-order chi connectivity index (χ0) is 12.3. The maximum absolute atomic E-state index is 5.75. The van der Waals surface area contributed by atoms with E-state index < -0.39 is 0 Å². The summed E-state index contributed by atoms with van der Waals surface area (Å²) in [5.41, 5.74) is 3.45. The molecule has 0 N–H and O–H groups in total. The fraction of sp³-hybridized carbons (Fsp3) is 0.214. The van der Waals surface area contributed by atoms with Crippen LogP contribution in [0.5, 0.6) is 5.75 Å². The summed E-state index contributed by atoms with van der Waals surface area (Å²) < 4.78 is 6.89. The van der Waals surface area contributed by atoms with Gasteiger partial charge >= 0.3 is 0 Å².